The lowest BCUT2D eigenvalue weighted by atomic mass is 9.99. The van der Waals surface area contributed by atoms with Crippen LogP contribution in [0.1, 0.15) is 29.4 Å². The summed E-state index contributed by atoms with van der Waals surface area (Å²) in [7, 11) is 0. The number of aromatic nitrogens is 2. The summed E-state index contributed by atoms with van der Waals surface area (Å²) in [6, 6.07) is 19.3. The number of nitrogens with one attached hydrogen (secondary N) is 1. The van der Waals surface area contributed by atoms with Gasteiger partial charge in [-0.05, 0) is 36.1 Å². The quantitative estimate of drug-likeness (QED) is 0.597. The molecule has 1 atom stereocenters. The first-order valence-corrected chi connectivity index (χ1v) is 9.52. The van der Waals surface area contributed by atoms with Crippen LogP contribution >= 0.6 is 0 Å². The highest BCUT2D eigenvalue weighted by Gasteiger charge is 2.19. The van der Waals surface area contributed by atoms with Crippen LogP contribution in [0.5, 0.6) is 0 Å². The summed E-state index contributed by atoms with van der Waals surface area (Å²) in [5.41, 5.74) is 3.52. The average Bonchev–Trinajstić information content (AvgIpc) is 2.75. The van der Waals surface area contributed by atoms with Gasteiger partial charge < -0.3 is 10.1 Å². The van der Waals surface area contributed by atoms with E-state index in [4.69, 9.17) is 4.74 Å². The first-order valence-electron chi connectivity index (χ1n) is 9.52. The molecule has 3 aromatic rings. The van der Waals surface area contributed by atoms with E-state index in [1.165, 1.54) is 18.6 Å². The molecule has 0 fully saturated rings. The Hall–Kier alpha value is -3.54. The van der Waals surface area contributed by atoms with Crippen molar-refractivity contribution >= 4 is 11.9 Å². The van der Waals surface area contributed by atoms with E-state index in [0.29, 0.717) is 13.0 Å². The van der Waals surface area contributed by atoms with Gasteiger partial charge in [-0.3, -0.25) is 9.59 Å². The fraction of sp³-hybridized carbons (Fsp3) is 0.217. The minimum Gasteiger partial charge on any atom is -0.466 e. The van der Waals surface area contributed by atoms with Gasteiger partial charge in [0.1, 0.15) is 12.0 Å². The van der Waals surface area contributed by atoms with Crippen LogP contribution in [0, 0.1) is 0 Å². The van der Waals surface area contributed by atoms with Crippen molar-refractivity contribution in [1.29, 1.82) is 0 Å². The van der Waals surface area contributed by atoms with Crippen LogP contribution in [0.3, 0.4) is 0 Å². The van der Waals surface area contributed by atoms with Gasteiger partial charge in [0.05, 0.1) is 13.0 Å². The highest BCUT2D eigenvalue weighted by molar-refractivity contribution is 5.92. The highest BCUT2D eigenvalue weighted by Crippen LogP contribution is 2.20. The lowest BCUT2D eigenvalue weighted by molar-refractivity contribution is -0.143. The second-order valence-electron chi connectivity index (χ2n) is 6.54. The van der Waals surface area contributed by atoms with Crippen LogP contribution in [-0.2, 0) is 16.0 Å². The Morgan fingerprint density at radius 1 is 1.00 bits per heavy atom. The van der Waals surface area contributed by atoms with Crippen molar-refractivity contribution in [3.8, 4) is 11.1 Å². The Morgan fingerprint density at radius 2 is 1.72 bits per heavy atom. The number of carbonyl (C=O) groups excluding carboxylic acids is 2. The number of hydrogen-bond acceptors (Lipinski definition) is 5. The SMILES string of the molecule is CCOC(=O)CC(Cc1ccc(-c2ccccc2)cc1)NC(=O)c1ccncn1. The zero-order valence-electron chi connectivity index (χ0n) is 16.2. The lowest BCUT2D eigenvalue weighted by Crippen LogP contribution is -2.38. The minimum absolute atomic E-state index is 0.0884. The molecule has 2 aromatic carbocycles. The third-order valence-electron chi connectivity index (χ3n) is 4.41. The van der Waals surface area contributed by atoms with Crippen molar-refractivity contribution < 1.29 is 14.3 Å². The van der Waals surface area contributed by atoms with Crippen molar-refractivity contribution in [2.45, 2.75) is 25.8 Å². The Labute approximate surface area is 170 Å². The summed E-state index contributed by atoms with van der Waals surface area (Å²) in [5.74, 6) is -0.691. The zero-order chi connectivity index (χ0) is 20.5. The predicted octanol–water partition coefficient (Wildman–Crippen LogP) is 3.44. The molecule has 0 aliphatic heterocycles. The molecular formula is C23H23N3O3. The number of nitrogens with zero attached hydrogens (tertiary/aromatic N) is 2. The number of rotatable bonds is 8. The number of esters is 1. The summed E-state index contributed by atoms with van der Waals surface area (Å²) in [6.07, 6.45) is 3.41. The molecule has 1 N–H and O–H groups in total. The molecule has 3 rings (SSSR count). The van der Waals surface area contributed by atoms with Crippen LogP contribution in [-0.4, -0.2) is 34.5 Å². The topological polar surface area (TPSA) is 81.2 Å². The average molecular weight is 389 g/mol. The number of ether oxygens (including phenoxy) is 1. The van der Waals surface area contributed by atoms with E-state index in [-0.39, 0.29) is 24.0 Å². The van der Waals surface area contributed by atoms with E-state index in [9.17, 15) is 9.59 Å². The number of amides is 1. The molecule has 148 valence electrons. The fourth-order valence-corrected chi connectivity index (χ4v) is 3.03. The third kappa shape index (κ3) is 5.97. The van der Waals surface area contributed by atoms with Gasteiger partial charge >= 0.3 is 5.97 Å². The van der Waals surface area contributed by atoms with Gasteiger partial charge in [0, 0.05) is 12.2 Å². The fourth-order valence-electron chi connectivity index (χ4n) is 3.03. The van der Waals surface area contributed by atoms with Gasteiger partial charge in [-0.1, -0.05) is 54.6 Å². The molecule has 29 heavy (non-hydrogen) atoms. The molecule has 1 unspecified atom stereocenters. The Kier molecular flexibility index (Phi) is 7.05. The van der Waals surface area contributed by atoms with E-state index >= 15 is 0 Å². The molecular weight excluding hydrogens is 366 g/mol. The highest BCUT2D eigenvalue weighted by atomic mass is 16.5. The van der Waals surface area contributed by atoms with Gasteiger partial charge in [-0.2, -0.15) is 0 Å². The lowest BCUT2D eigenvalue weighted by Gasteiger charge is -2.18. The van der Waals surface area contributed by atoms with E-state index in [1.54, 1.807) is 6.92 Å². The molecule has 0 bridgehead atoms. The van der Waals surface area contributed by atoms with Gasteiger partial charge in [0.15, 0.2) is 0 Å². The molecule has 0 saturated carbocycles. The summed E-state index contributed by atoms with van der Waals surface area (Å²) >= 11 is 0. The number of hydrogen-bond donors (Lipinski definition) is 1. The number of carbonyl (C=O) groups is 2. The Balaban J connectivity index is 1.72. The van der Waals surface area contributed by atoms with Crippen LogP contribution in [0.4, 0.5) is 0 Å². The first kappa shape index (κ1) is 20.2. The summed E-state index contributed by atoms with van der Waals surface area (Å²) < 4.78 is 5.06. The monoisotopic (exact) mass is 389 g/mol. The van der Waals surface area contributed by atoms with Gasteiger partial charge in [0.2, 0.25) is 0 Å². The molecule has 6 heteroatoms. The number of benzene rings is 2. The second kappa shape index (κ2) is 10.1. The van der Waals surface area contributed by atoms with Crippen molar-refractivity contribution in [1.82, 2.24) is 15.3 Å². The van der Waals surface area contributed by atoms with Crippen LogP contribution in [0.25, 0.3) is 11.1 Å². The largest absolute Gasteiger partial charge is 0.466 e. The minimum atomic E-state index is -0.404. The maximum atomic E-state index is 12.5. The molecule has 0 saturated heterocycles. The van der Waals surface area contributed by atoms with Crippen LogP contribution in [0.15, 0.2) is 73.2 Å². The van der Waals surface area contributed by atoms with Crippen molar-refractivity contribution in [2.75, 3.05) is 6.61 Å². The smallest absolute Gasteiger partial charge is 0.307 e. The molecule has 0 aliphatic carbocycles. The third-order valence-corrected chi connectivity index (χ3v) is 4.41. The van der Waals surface area contributed by atoms with Gasteiger partial charge in [0.25, 0.3) is 5.91 Å². The van der Waals surface area contributed by atoms with Crippen LogP contribution < -0.4 is 5.32 Å². The predicted molar refractivity (Wildman–Crippen MR) is 110 cm³/mol. The standard InChI is InChI=1S/C23H23N3O3/c1-2-29-22(27)15-20(26-23(28)21-12-13-24-16-25-21)14-17-8-10-19(11-9-17)18-6-4-3-5-7-18/h3-13,16,20H,2,14-15H2,1H3,(H,26,28). The molecule has 1 amide bonds. The van der Waals surface area contributed by atoms with Gasteiger partial charge in [-0.15, -0.1) is 0 Å². The second-order valence-corrected chi connectivity index (χ2v) is 6.54. The maximum absolute atomic E-state index is 12.5. The maximum Gasteiger partial charge on any atom is 0.307 e. The molecule has 0 radical (unpaired) electrons. The summed E-state index contributed by atoms with van der Waals surface area (Å²) in [6.45, 7) is 2.06. The van der Waals surface area contributed by atoms with Gasteiger partial charge in [-0.25, -0.2) is 9.97 Å². The molecule has 0 aliphatic rings. The van der Waals surface area contributed by atoms with E-state index in [2.05, 4.69) is 27.4 Å². The first-order chi connectivity index (χ1) is 14.2. The summed E-state index contributed by atoms with van der Waals surface area (Å²) in [5, 5.41) is 2.89. The zero-order valence-corrected chi connectivity index (χ0v) is 16.2. The van der Waals surface area contributed by atoms with E-state index in [1.807, 2.05) is 42.5 Å². The van der Waals surface area contributed by atoms with Crippen molar-refractivity contribution in [3.05, 3.63) is 84.4 Å². The normalized spacial score (nSPS) is 11.5. The molecule has 1 aromatic heterocycles. The molecule has 6 nitrogen and oxygen atoms in total. The Morgan fingerprint density at radius 3 is 2.38 bits per heavy atom. The van der Waals surface area contributed by atoms with E-state index < -0.39 is 6.04 Å². The van der Waals surface area contributed by atoms with Crippen molar-refractivity contribution in [3.63, 3.8) is 0 Å². The molecule has 0 spiro atoms. The molecule has 1 heterocycles. The van der Waals surface area contributed by atoms with Crippen LogP contribution in [0.2, 0.25) is 0 Å². The van der Waals surface area contributed by atoms with Crippen molar-refractivity contribution in [2.24, 2.45) is 0 Å². The summed E-state index contributed by atoms with van der Waals surface area (Å²) in [4.78, 5) is 32.2. The van der Waals surface area contributed by atoms with E-state index in [0.717, 1.165) is 16.7 Å². The Bertz CT molecular complexity index is 929.